The highest BCUT2D eigenvalue weighted by Crippen LogP contribution is 2.17. The van der Waals surface area contributed by atoms with Crippen LogP contribution in [0.2, 0.25) is 0 Å². The van der Waals surface area contributed by atoms with Gasteiger partial charge in [0.15, 0.2) is 5.13 Å². The average Bonchev–Trinajstić information content (AvgIpc) is 3.25. The van der Waals surface area contributed by atoms with E-state index in [-0.39, 0.29) is 5.91 Å². The molecule has 1 amide bonds. The second-order valence-corrected chi connectivity index (χ2v) is 6.45. The molecule has 1 atom stereocenters. The fourth-order valence-electron chi connectivity index (χ4n) is 2.96. The highest BCUT2D eigenvalue weighted by Gasteiger charge is 2.23. The number of nitrogens with zero attached hydrogens (tertiary/aromatic N) is 3. The summed E-state index contributed by atoms with van der Waals surface area (Å²) in [6.07, 6.45) is 6.70. The summed E-state index contributed by atoms with van der Waals surface area (Å²) in [5.41, 5.74) is 0.838. The van der Waals surface area contributed by atoms with E-state index >= 15 is 0 Å². The van der Waals surface area contributed by atoms with Gasteiger partial charge in [0.25, 0.3) is 0 Å². The van der Waals surface area contributed by atoms with Gasteiger partial charge in [0.1, 0.15) is 0 Å². The van der Waals surface area contributed by atoms with E-state index in [1.54, 1.807) is 11.3 Å². The van der Waals surface area contributed by atoms with Crippen molar-refractivity contribution < 1.29 is 4.79 Å². The third kappa shape index (κ3) is 3.56. The average molecular weight is 318 g/mol. The number of nitrogens with one attached hydrogen (secondary N) is 1. The van der Waals surface area contributed by atoms with E-state index in [2.05, 4.69) is 22.1 Å². The number of rotatable bonds is 6. The molecule has 2 aromatic rings. The van der Waals surface area contributed by atoms with Crippen molar-refractivity contribution in [1.29, 1.82) is 0 Å². The molecule has 2 aromatic heterocycles. The Morgan fingerprint density at radius 1 is 1.45 bits per heavy atom. The van der Waals surface area contributed by atoms with Gasteiger partial charge in [-0.2, -0.15) is 0 Å². The molecule has 3 heterocycles. The molecule has 0 radical (unpaired) electrons. The van der Waals surface area contributed by atoms with Gasteiger partial charge in [0, 0.05) is 30.4 Å². The Kier molecular flexibility index (Phi) is 4.90. The van der Waals surface area contributed by atoms with Crippen molar-refractivity contribution >= 4 is 17.2 Å². The maximum absolute atomic E-state index is 12.1. The largest absolute Gasteiger partial charge is 0.354 e. The molecule has 1 N–H and O–H groups in total. The van der Waals surface area contributed by atoms with E-state index in [4.69, 9.17) is 0 Å². The Balaban J connectivity index is 1.50. The zero-order valence-corrected chi connectivity index (χ0v) is 13.7. The van der Waals surface area contributed by atoms with E-state index in [1.165, 1.54) is 12.8 Å². The summed E-state index contributed by atoms with van der Waals surface area (Å²) in [6, 6.07) is 4.43. The minimum atomic E-state index is 0.0623. The van der Waals surface area contributed by atoms with Gasteiger partial charge < -0.3 is 9.88 Å². The zero-order valence-electron chi connectivity index (χ0n) is 12.9. The van der Waals surface area contributed by atoms with E-state index in [0.717, 1.165) is 30.5 Å². The van der Waals surface area contributed by atoms with Crippen LogP contribution in [0.1, 0.15) is 25.5 Å². The number of hydrogen-bond acceptors (Lipinski definition) is 4. The molecule has 0 unspecified atom stereocenters. The highest BCUT2D eigenvalue weighted by molar-refractivity contribution is 7.12. The second kappa shape index (κ2) is 7.07. The normalized spacial score (nSPS) is 18.7. The number of amides is 1. The lowest BCUT2D eigenvalue weighted by molar-refractivity contribution is -0.120. The predicted molar refractivity (Wildman–Crippen MR) is 88.4 cm³/mol. The van der Waals surface area contributed by atoms with Crippen molar-refractivity contribution in [3.8, 4) is 5.13 Å². The van der Waals surface area contributed by atoms with Gasteiger partial charge in [-0.3, -0.25) is 9.69 Å². The third-order valence-corrected chi connectivity index (χ3v) is 5.05. The van der Waals surface area contributed by atoms with Crippen molar-refractivity contribution in [2.75, 3.05) is 19.6 Å². The number of carbonyl (C=O) groups is 1. The molecule has 22 heavy (non-hydrogen) atoms. The van der Waals surface area contributed by atoms with Gasteiger partial charge >= 0.3 is 0 Å². The first-order chi connectivity index (χ1) is 10.8. The van der Waals surface area contributed by atoms with Crippen LogP contribution in [0.5, 0.6) is 0 Å². The van der Waals surface area contributed by atoms with Crippen LogP contribution in [0.4, 0.5) is 0 Å². The number of hydrogen-bond donors (Lipinski definition) is 1. The lowest BCUT2D eigenvalue weighted by atomic mass is 10.2. The van der Waals surface area contributed by atoms with Gasteiger partial charge in [0.05, 0.1) is 12.1 Å². The van der Waals surface area contributed by atoms with Gasteiger partial charge in [-0.1, -0.05) is 6.92 Å². The van der Waals surface area contributed by atoms with E-state index in [9.17, 15) is 4.79 Å². The van der Waals surface area contributed by atoms with Crippen molar-refractivity contribution in [2.45, 2.75) is 32.2 Å². The predicted octanol–water partition coefficient (Wildman–Crippen LogP) is 2.08. The molecular weight excluding hydrogens is 296 g/mol. The molecule has 6 heteroatoms. The first-order valence-electron chi connectivity index (χ1n) is 7.84. The number of carbonyl (C=O) groups excluding carboxylic acids is 1. The van der Waals surface area contributed by atoms with Crippen LogP contribution in [-0.2, 0) is 11.2 Å². The molecule has 1 aliphatic heterocycles. The number of likely N-dealkylation sites (N-methyl/N-ethyl adjacent to an activating group) is 1. The molecular formula is C16H22N4OS. The summed E-state index contributed by atoms with van der Waals surface area (Å²) < 4.78 is 1.96. The van der Waals surface area contributed by atoms with Crippen molar-refractivity contribution in [3.05, 3.63) is 35.6 Å². The maximum Gasteiger partial charge on any atom is 0.226 e. The van der Waals surface area contributed by atoms with Gasteiger partial charge in [-0.15, -0.1) is 11.3 Å². The summed E-state index contributed by atoms with van der Waals surface area (Å²) in [5, 5.41) is 5.92. The van der Waals surface area contributed by atoms with Crippen molar-refractivity contribution in [1.82, 2.24) is 19.8 Å². The van der Waals surface area contributed by atoms with Crippen LogP contribution in [-0.4, -0.2) is 46.0 Å². The Morgan fingerprint density at radius 3 is 3.05 bits per heavy atom. The molecule has 0 spiro atoms. The zero-order chi connectivity index (χ0) is 15.4. The van der Waals surface area contributed by atoms with Crippen LogP contribution in [0.3, 0.4) is 0 Å². The molecule has 0 saturated carbocycles. The molecule has 5 nitrogen and oxygen atoms in total. The first kappa shape index (κ1) is 15.2. The van der Waals surface area contributed by atoms with Crippen molar-refractivity contribution in [2.24, 2.45) is 0 Å². The van der Waals surface area contributed by atoms with Crippen LogP contribution in [0.25, 0.3) is 5.13 Å². The van der Waals surface area contributed by atoms with E-state index < -0.39 is 0 Å². The smallest absolute Gasteiger partial charge is 0.226 e. The SMILES string of the molecule is CCN1CCC[C@@H]1CNC(=O)Cc1csc(-n2cccc2)n1. The monoisotopic (exact) mass is 318 g/mol. The molecule has 1 fully saturated rings. The van der Waals surface area contributed by atoms with Crippen LogP contribution in [0, 0.1) is 0 Å². The van der Waals surface area contributed by atoms with Crippen LogP contribution >= 0.6 is 11.3 Å². The van der Waals surface area contributed by atoms with Crippen LogP contribution in [0.15, 0.2) is 29.9 Å². The fraction of sp³-hybridized carbons (Fsp3) is 0.500. The van der Waals surface area contributed by atoms with E-state index in [0.29, 0.717) is 12.5 Å². The second-order valence-electron chi connectivity index (χ2n) is 5.62. The highest BCUT2D eigenvalue weighted by atomic mass is 32.1. The van der Waals surface area contributed by atoms with Gasteiger partial charge in [-0.25, -0.2) is 4.98 Å². The third-order valence-electron chi connectivity index (χ3n) is 4.15. The molecule has 0 aromatic carbocycles. The minimum Gasteiger partial charge on any atom is -0.354 e. The molecule has 1 saturated heterocycles. The van der Waals surface area contributed by atoms with E-state index in [1.807, 2.05) is 34.5 Å². The summed E-state index contributed by atoms with van der Waals surface area (Å²) >= 11 is 1.56. The molecule has 3 rings (SSSR count). The number of thiazole rings is 1. The van der Waals surface area contributed by atoms with Gasteiger partial charge in [-0.05, 0) is 38.1 Å². The molecule has 118 valence electrons. The lowest BCUT2D eigenvalue weighted by Gasteiger charge is -2.22. The fourth-order valence-corrected chi connectivity index (χ4v) is 3.75. The quantitative estimate of drug-likeness (QED) is 0.887. The Bertz CT molecular complexity index is 607. The first-order valence-corrected chi connectivity index (χ1v) is 8.72. The topological polar surface area (TPSA) is 50.2 Å². The lowest BCUT2D eigenvalue weighted by Crippen LogP contribution is -2.40. The molecule has 1 aliphatic rings. The number of aromatic nitrogens is 2. The van der Waals surface area contributed by atoms with Crippen molar-refractivity contribution in [3.63, 3.8) is 0 Å². The molecule has 0 aliphatic carbocycles. The summed E-state index contributed by atoms with van der Waals surface area (Å²) in [4.78, 5) is 19.0. The molecule has 0 bridgehead atoms. The van der Waals surface area contributed by atoms with Crippen LogP contribution < -0.4 is 5.32 Å². The Hall–Kier alpha value is -1.66. The number of likely N-dealkylation sites (tertiary alicyclic amines) is 1. The summed E-state index contributed by atoms with van der Waals surface area (Å²) in [7, 11) is 0. The Morgan fingerprint density at radius 2 is 2.27 bits per heavy atom. The maximum atomic E-state index is 12.1. The summed E-state index contributed by atoms with van der Waals surface area (Å²) in [5.74, 6) is 0.0623. The standard InChI is InChI=1S/C16H22N4OS/c1-2-19-9-5-6-14(19)11-17-15(21)10-13-12-22-16(18-13)20-7-3-4-8-20/h3-4,7-8,12,14H,2,5-6,9-11H2,1H3,(H,17,21)/t14-/m1/s1. The van der Waals surface area contributed by atoms with Gasteiger partial charge in [0.2, 0.25) is 5.91 Å². The summed E-state index contributed by atoms with van der Waals surface area (Å²) in [6.45, 7) is 5.15. The Labute approximate surface area is 135 Å². The minimum absolute atomic E-state index is 0.0623.